The van der Waals surface area contributed by atoms with Gasteiger partial charge in [0.25, 0.3) is 0 Å². The Labute approximate surface area is 126 Å². The highest BCUT2D eigenvalue weighted by atomic mass is 79.9. The van der Waals surface area contributed by atoms with Crippen LogP contribution in [0.5, 0.6) is 0 Å². The SMILES string of the molecule is CN(C)C(=O)CS(=O)(=O)c1ccc(Br)c2ccccc12. The average molecular weight is 356 g/mol. The highest BCUT2D eigenvalue weighted by Gasteiger charge is 2.23. The van der Waals surface area contributed by atoms with Crippen molar-refractivity contribution in [2.24, 2.45) is 0 Å². The van der Waals surface area contributed by atoms with Crippen LogP contribution in [-0.2, 0) is 14.6 Å². The van der Waals surface area contributed by atoms with Gasteiger partial charge >= 0.3 is 0 Å². The predicted molar refractivity (Wildman–Crippen MR) is 82.4 cm³/mol. The lowest BCUT2D eigenvalue weighted by Crippen LogP contribution is -2.29. The van der Waals surface area contributed by atoms with Crippen LogP contribution in [0.4, 0.5) is 0 Å². The van der Waals surface area contributed by atoms with E-state index in [1.165, 1.54) is 25.1 Å². The van der Waals surface area contributed by atoms with Crippen molar-refractivity contribution >= 4 is 42.4 Å². The molecular weight excluding hydrogens is 342 g/mol. The van der Waals surface area contributed by atoms with Gasteiger partial charge in [0.2, 0.25) is 5.91 Å². The second kappa shape index (κ2) is 5.54. The van der Waals surface area contributed by atoms with E-state index in [0.29, 0.717) is 5.39 Å². The Hall–Kier alpha value is -1.40. The smallest absolute Gasteiger partial charge is 0.237 e. The van der Waals surface area contributed by atoms with Crippen LogP contribution >= 0.6 is 15.9 Å². The molecule has 0 saturated carbocycles. The molecule has 4 nitrogen and oxygen atoms in total. The monoisotopic (exact) mass is 355 g/mol. The molecule has 0 atom stereocenters. The van der Waals surface area contributed by atoms with Crippen LogP contribution in [-0.4, -0.2) is 39.1 Å². The van der Waals surface area contributed by atoms with Crippen LogP contribution < -0.4 is 0 Å². The van der Waals surface area contributed by atoms with E-state index >= 15 is 0 Å². The summed E-state index contributed by atoms with van der Waals surface area (Å²) in [6.45, 7) is 0. The van der Waals surface area contributed by atoms with Crippen LogP contribution in [0.2, 0.25) is 0 Å². The Balaban J connectivity index is 2.58. The van der Waals surface area contributed by atoms with Crippen molar-refractivity contribution in [3.8, 4) is 0 Å². The normalized spacial score (nSPS) is 11.6. The zero-order valence-corrected chi connectivity index (χ0v) is 13.5. The zero-order valence-electron chi connectivity index (χ0n) is 11.1. The molecule has 0 unspecified atom stereocenters. The first-order valence-electron chi connectivity index (χ1n) is 5.93. The summed E-state index contributed by atoms with van der Waals surface area (Å²) in [5, 5.41) is 1.43. The Morgan fingerprint density at radius 3 is 2.30 bits per heavy atom. The Morgan fingerprint density at radius 1 is 1.10 bits per heavy atom. The third-order valence-electron chi connectivity index (χ3n) is 2.98. The summed E-state index contributed by atoms with van der Waals surface area (Å²) in [6.07, 6.45) is 0. The molecule has 0 aliphatic carbocycles. The van der Waals surface area contributed by atoms with E-state index < -0.39 is 21.5 Å². The number of hydrogen-bond donors (Lipinski definition) is 0. The van der Waals surface area contributed by atoms with Gasteiger partial charge < -0.3 is 4.90 Å². The van der Waals surface area contributed by atoms with E-state index in [4.69, 9.17) is 0 Å². The van der Waals surface area contributed by atoms with Crippen LogP contribution in [0.3, 0.4) is 0 Å². The summed E-state index contributed by atoms with van der Waals surface area (Å²) in [4.78, 5) is 13.1. The highest BCUT2D eigenvalue weighted by Crippen LogP contribution is 2.30. The quantitative estimate of drug-likeness (QED) is 0.849. The molecule has 6 heteroatoms. The first-order valence-corrected chi connectivity index (χ1v) is 8.37. The molecule has 1 amide bonds. The molecular formula is C14H14BrNO3S. The predicted octanol–water partition coefficient (Wildman–Crippen LogP) is 2.46. The molecule has 0 aliphatic heterocycles. The number of benzene rings is 2. The van der Waals surface area contributed by atoms with Crippen LogP contribution in [0, 0.1) is 0 Å². The number of hydrogen-bond acceptors (Lipinski definition) is 3. The molecule has 0 bridgehead atoms. The minimum Gasteiger partial charge on any atom is -0.348 e. The van der Waals surface area contributed by atoms with Gasteiger partial charge in [-0.2, -0.15) is 0 Å². The molecule has 20 heavy (non-hydrogen) atoms. The number of fused-ring (bicyclic) bond motifs is 1. The molecule has 0 fully saturated rings. The van der Waals surface area contributed by atoms with Gasteiger partial charge in [0, 0.05) is 24.0 Å². The van der Waals surface area contributed by atoms with Gasteiger partial charge in [0.1, 0.15) is 5.75 Å². The maximum atomic E-state index is 12.4. The van der Waals surface area contributed by atoms with Crippen molar-refractivity contribution in [1.82, 2.24) is 4.90 Å². The summed E-state index contributed by atoms with van der Waals surface area (Å²) < 4.78 is 25.6. The molecule has 2 aromatic carbocycles. The third kappa shape index (κ3) is 2.86. The van der Waals surface area contributed by atoms with Gasteiger partial charge in [-0.05, 0) is 17.5 Å². The summed E-state index contributed by atoms with van der Waals surface area (Å²) in [5.41, 5.74) is 0. The standard InChI is InChI=1S/C14H14BrNO3S/c1-16(2)14(17)9-20(18,19)13-8-7-12(15)10-5-3-4-6-11(10)13/h3-8H,9H2,1-2H3. The number of nitrogens with zero attached hydrogens (tertiary/aromatic N) is 1. The van der Waals surface area contributed by atoms with Crippen molar-refractivity contribution in [3.05, 3.63) is 40.9 Å². The fraction of sp³-hybridized carbons (Fsp3) is 0.214. The summed E-state index contributed by atoms with van der Waals surface area (Å²) in [7, 11) is -0.581. The van der Waals surface area contributed by atoms with Crippen molar-refractivity contribution in [1.29, 1.82) is 0 Å². The van der Waals surface area contributed by atoms with Gasteiger partial charge in [-0.25, -0.2) is 8.42 Å². The van der Waals surface area contributed by atoms with E-state index in [-0.39, 0.29) is 4.90 Å². The van der Waals surface area contributed by atoms with E-state index in [0.717, 1.165) is 9.86 Å². The van der Waals surface area contributed by atoms with Crippen molar-refractivity contribution in [2.45, 2.75) is 4.90 Å². The molecule has 2 rings (SSSR count). The second-order valence-corrected chi connectivity index (χ2v) is 7.45. The molecule has 2 aromatic rings. The van der Waals surface area contributed by atoms with Gasteiger partial charge in [-0.1, -0.05) is 40.2 Å². The third-order valence-corrected chi connectivity index (χ3v) is 5.32. The molecule has 106 valence electrons. The molecule has 0 radical (unpaired) electrons. The first-order chi connectivity index (χ1) is 9.33. The minimum absolute atomic E-state index is 0.187. The van der Waals surface area contributed by atoms with E-state index in [1.54, 1.807) is 18.2 Å². The fourth-order valence-electron chi connectivity index (χ4n) is 1.88. The molecule has 0 aliphatic rings. The summed E-state index contributed by atoms with van der Waals surface area (Å²) >= 11 is 3.40. The molecule has 0 spiro atoms. The second-order valence-electron chi connectivity index (χ2n) is 4.64. The van der Waals surface area contributed by atoms with E-state index in [9.17, 15) is 13.2 Å². The maximum absolute atomic E-state index is 12.4. The van der Waals surface area contributed by atoms with Gasteiger partial charge in [-0.3, -0.25) is 4.79 Å². The van der Waals surface area contributed by atoms with Crippen molar-refractivity contribution in [3.63, 3.8) is 0 Å². The minimum atomic E-state index is -3.66. The van der Waals surface area contributed by atoms with Gasteiger partial charge in [0.15, 0.2) is 9.84 Å². The number of amides is 1. The Morgan fingerprint density at radius 2 is 1.70 bits per heavy atom. The van der Waals surface area contributed by atoms with Crippen LogP contribution in [0.25, 0.3) is 10.8 Å². The van der Waals surface area contributed by atoms with Crippen LogP contribution in [0.15, 0.2) is 45.8 Å². The Bertz CT molecular complexity index is 769. The van der Waals surface area contributed by atoms with Gasteiger partial charge in [-0.15, -0.1) is 0 Å². The zero-order chi connectivity index (χ0) is 14.9. The lowest BCUT2D eigenvalue weighted by molar-refractivity contribution is -0.125. The lowest BCUT2D eigenvalue weighted by Gasteiger charge is -2.12. The first kappa shape index (κ1) is 15.0. The molecule has 0 aromatic heterocycles. The molecule has 0 N–H and O–H groups in total. The van der Waals surface area contributed by atoms with Crippen molar-refractivity contribution in [2.75, 3.05) is 19.8 Å². The van der Waals surface area contributed by atoms with Crippen molar-refractivity contribution < 1.29 is 13.2 Å². The fourth-order valence-corrected chi connectivity index (χ4v) is 3.88. The number of carbonyl (C=O) groups is 1. The van der Waals surface area contributed by atoms with Gasteiger partial charge in [0.05, 0.1) is 4.90 Å². The lowest BCUT2D eigenvalue weighted by atomic mass is 10.1. The van der Waals surface area contributed by atoms with E-state index in [1.807, 2.05) is 12.1 Å². The number of sulfone groups is 1. The average Bonchev–Trinajstić information content (AvgIpc) is 2.38. The molecule has 0 heterocycles. The summed E-state index contributed by atoms with van der Waals surface area (Å²) in [5.74, 6) is -0.956. The largest absolute Gasteiger partial charge is 0.348 e. The van der Waals surface area contributed by atoms with Crippen LogP contribution in [0.1, 0.15) is 0 Å². The maximum Gasteiger partial charge on any atom is 0.237 e. The topological polar surface area (TPSA) is 54.5 Å². The van der Waals surface area contributed by atoms with E-state index in [2.05, 4.69) is 15.9 Å². The molecule has 0 saturated heterocycles. The number of halogens is 1. The number of rotatable bonds is 3. The Kier molecular flexibility index (Phi) is 4.15. The summed E-state index contributed by atoms with van der Waals surface area (Å²) in [6, 6.07) is 10.4. The highest BCUT2D eigenvalue weighted by molar-refractivity contribution is 9.10. The number of carbonyl (C=O) groups excluding carboxylic acids is 1.